The van der Waals surface area contributed by atoms with Crippen molar-refractivity contribution in [3.05, 3.63) is 97.3 Å². The van der Waals surface area contributed by atoms with E-state index in [4.69, 9.17) is 19.4 Å². The van der Waals surface area contributed by atoms with Crippen LogP contribution in [0.15, 0.2) is 85.8 Å². The van der Waals surface area contributed by atoms with Crippen LogP contribution in [0.1, 0.15) is 26.3 Å². The summed E-state index contributed by atoms with van der Waals surface area (Å²) in [4.78, 5) is 28.2. The second-order valence-corrected chi connectivity index (χ2v) is 13.1. The lowest BCUT2D eigenvalue weighted by Gasteiger charge is -2.33. The Hall–Kier alpha value is -5.33. The maximum absolute atomic E-state index is 11.8. The molecule has 1 aromatic carbocycles. The quantitative estimate of drug-likeness (QED) is 0.122. The summed E-state index contributed by atoms with van der Waals surface area (Å²) in [5, 5.41) is 13.1. The van der Waals surface area contributed by atoms with Crippen LogP contribution in [0.4, 0.5) is 16.0 Å². The van der Waals surface area contributed by atoms with Gasteiger partial charge in [-0.25, -0.2) is 14.6 Å². The molecule has 2 N–H and O–H groups in total. The van der Waals surface area contributed by atoms with E-state index in [0.717, 1.165) is 86.4 Å². The second kappa shape index (κ2) is 24.9. The minimum Gasteiger partial charge on any atom is -0.385 e. The Kier molecular flexibility index (Phi) is 20.7. The van der Waals surface area contributed by atoms with Crippen LogP contribution in [0.5, 0.6) is 0 Å². The number of pyridine rings is 2. The molecule has 2 saturated heterocycles. The molecular formula is C41H58FN9O4. The molecule has 0 spiro atoms. The molecule has 2 fully saturated rings. The number of hydrogen-bond donors (Lipinski definition) is 2. The SMILES string of the molecule is C#C.C=CN[C@H]1CON(CCOC)C1.CNc1c(C)c(-c2ccc(N3CCN(C=O)CC3)nc2)nn1-c1ccccc1.COC(C)(C)C.Fc1ccccn1. The van der Waals surface area contributed by atoms with Crippen LogP contribution in [0, 0.1) is 25.7 Å². The number of amides is 1. The third kappa shape index (κ3) is 15.9. The number of nitrogens with zero attached hydrogens (tertiary/aromatic N) is 7. The van der Waals surface area contributed by atoms with Crippen LogP contribution >= 0.6 is 0 Å². The summed E-state index contributed by atoms with van der Waals surface area (Å²) in [5.41, 5.74) is 4.04. The van der Waals surface area contributed by atoms with E-state index >= 15 is 0 Å². The monoisotopic (exact) mass is 759 g/mol. The Morgan fingerprint density at radius 2 is 1.69 bits per heavy atom. The van der Waals surface area contributed by atoms with E-state index in [-0.39, 0.29) is 5.60 Å². The maximum atomic E-state index is 11.8. The molecule has 0 bridgehead atoms. The molecule has 0 unspecified atom stereocenters. The van der Waals surface area contributed by atoms with Gasteiger partial charge in [-0.15, -0.1) is 12.8 Å². The summed E-state index contributed by atoms with van der Waals surface area (Å²) in [7, 11) is 5.31. The predicted octanol–water partition coefficient (Wildman–Crippen LogP) is 5.45. The fraction of sp³-hybridized carbons (Fsp3) is 0.415. The molecule has 55 heavy (non-hydrogen) atoms. The number of terminal acetylenes is 1. The zero-order chi connectivity index (χ0) is 40.6. The molecule has 13 nitrogen and oxygen atoms in total. The smallest absolute Gasteiger partial charge is 0.212 e. The lowest BCUT2D eigenvalue weighted by molar-refractivity contribution is -0.118. The number of piperazine rings is 1. The molecule has 4 aromatic rings. The van der Waals surface area contributed by atoms with Gasteiger partial charge >= 0.3 is 0 Å². The van der Waals surface area contributed by atoms with Gasteiger partial charge < -0.3 is 29.9 Å². The number of carbonyl (C=O) groups is 1. The second-order valence-electron chi connectivity index (χ2n) is 13.1. The molecule has 3 aromatic heterocycles. The molecule has 6 rings (SSSR count). The van der Waals surface area contributed by atoms with Crippen molar-refractivity contribution in [3.63, 3.8) is 0 Å². The first-order valence-corrected chi connectivity index (χ1v) is 18.0. The first-order valence-electron chi connectivity index (χ1n) is 18.0. The molecule has 2 aliphatic heterocycles. The largest absolute Gasteiger partial charge is 0.385 e. The summed E-state index contributed by atoms with van der Waals surface area (Å²) in [5.74, 6) is 1.47. The maximum Gasteiger partial charge on any atom is 0.212 e. The Bertz CT molecular complexity index is 1660. The standard InChI is InChI=1S/C21H24N6O.C8H16N2O2.C5H4FN.C5H12O.C2H2/c1-16-20(24-27(21(16)22-2)18-6-4-3-5-7-18)17-8-9-19(23-14-17)26-12-10-25(15-28)11-13-26;1-3-9-8-6-10(12-7-8)4-5-11-2;6-5-3-1-2-4-7-5;1-5(2,3)6-4;1-2/h3-9,14-15,22H,10-13H2,1-2H3;3,8-9H,1,4-7H2,2H3;1-4H;1-4H3;1-2H/t;8-;;;/m.1.../s1. The van der Waals surface area contributed by atoms with E-state index < -0.39 is 5.95 Å². The number of nitrogens with one attached hydrogen (secondary N) is 2. The van der Waals surface area contributed by atoms with Crippen LogP contribution in [0.2, 0.25) is 0 Å². The van der Waals surface area contributed by atoms with Crippen molar-refractivity contribution in [1.29, 1.82) is 0 Å². The Morgan fingerprint density at radius 3 is 2.18 bits per heavy atom. The number of hydroxylamine groups is 2. The van der Waals surface area contributed by atoms with Gasteiger partial charge in [0, 0.05) is 84.1 Å². The van der Waals surface area contributed by atoms with Gasteiger partial charge in [0.25, 0.3) is 0 Å². The first kappa shape index (κ1) is 45.8. The average molecular weight is 760 g/mol. The molecule has 1 atom stereocenters. The average Bonchev–Trinajstić information content (AvgIpc) is 3.82. The highest BCUT2D eigenvalue weighted by Crippen LogP contribution is 2.30. The van der Waals surface area contributed by atoms with Crippen molar-refractivity contribution >= 4 is 18.0 Å². The van der Waals surface area contributed by atoms with Crippen LogP contribution in [-0.2, 0) is 19.1 Å². The van der Waals surface area contributed by atoms with E-state index in [9.17, 15) is 9.18 Å². The third-order valence-electron chi connectivity index (χ3n) is 8.19. The van der Waals surface area contributed by atoms with Gasteiger partial charge in [-0.05, 0) is 70.3 Å². The summed E-state index contributed by atoms with van der Waals surface area (Å²) in [6.45, 7) is 18.0. The third-order valence-corrected chi connectivity index (χ3v) is 8.19. The van der Waals surface area contributed by atoms with Gasteiger partial charge in [0.2, 0.25) is 12.4 Å². The first-order chi connectivity index (χ1) is 26.5. The molecule has 0 saturated carbocycles. The predicted molar refractivity (Wildman–Crippen MR) is 218 cm³/mol. The van der Waals surface area contributed by atoms with Crippen molar-refractivity contribution in [3.8, 4) is 29.8 Å². The van der Waals surface area contributed by atoms with E-state index in [1.54, 1.807) is 37.5 Å². The van der Waals surface area contributed by atoms with E-state index in [2.05, 4.69) is 57.9 Å². The lowest BCUT2D eigenvalue weighted by Crippen LogP contribution is -2.46. The number of aromatic nitrogens is 4. The van der Waals surface area contributed by atoms with Gasteiger partial charge in [0.1, 0.15) is 11.6 Å². The van der Waals surface area contributed by atoms with E-state index in [0.29, 0.717) is 12.6 Å². The summed E-state index contributed by atoms with van der Waals surface area (Å²) in [6.07, 6.45) is 13.9. The Morgan fingerprint density at radius 1 is 1.02 bits per heavy atom. The van der Waals surface area contributed by atoms with Gasteiger partial charge in [-0.1, -0.05) is 30.8 Å². The van der Waals surface area contributed by atoms with Crippen molar-refractivity contribution < 1.29 is 23.5 Å². The van der Waals surface area contributed by atoms with Gasteiger partial charge in [0.15, 0.2) is 0 Å². The fourth-order valence-electron chi connectivity index (χ4n) is 5.09. The van der Waals surface area contributed by atoms with Gasteiger partial charge in [0.05, 0.1) is 36.2 Å². The van der Waals surface area contributed by atoms with Crippen molar-refractivity contribution in [2.45, 2.75) is 39.3 Å². The summed E-state index contributed by atoms with van der Waals surface area (Å²) in [6, 6.07) is 19.1. The molecule has 298 valence electrons. The van der Waals surface area contributed by atoms with Crippen molar-refractivity contribution in [2.75, 3.05) is 84.0 Å². The molecular weight excluding hydrogens is 702 g/mol. The highest BCUT2D eigenvalue weighted by Gasteiger charge is 2.22. The molecule has 5 heterocycles. The normalized spacial score (nSPS) is 15.0. The minimum atomic E-state index is -0.428. The van der Waals surface area contributed by atoms with Gasteiger partial charge in [-0.2, -0.15) is 14.6 Å². The topological polar surface area (TPSA) is 122 Å². The number of para-hydroxylation sites is 1. The van der Waals surface area contributed by atoms with Crippen LogP contribution in [-0.4, -0.2) is 122 Å². The van der Waals surface area contributed by atoms with E-state index in [1.807, 2.05) is 80.2 Å². The van der Waals surface area contributed by atoms with E-state index in [1.165, 1.54) is 12.3 Å². The number of ether oxygens (including phenoxy) is 2. The Balaban J connectivity index is 0.000000316. The fourth-order valence-corrected chi connectivity index (χ4v) is 5.09. The van der Waals surface area contributed by atoms with Crippen molar-refractivity contribution in [1.82, 2.24) is 35.0 Å². The van der Waals surface area contributed by atoms with Crippen LogP contribution < -0.4 is 15.5 Å². The summed E-state index contributed by atoms with van der Waals surface area (Å²) >= 11 is 0. The zero-order valence-corrected chi connectivity index (χ0v) is 33.3. The number of benzene rings is 1. The Labute approximate surface area is 326 Å². The van der Waals surface area contributed by atoms with Crippen molar-refractivity contribution in [2.24, 2.45) is 0 Å². The minimum absolute atomic E-state index is 0.0417. The molecule has 1 amide bonds. The highest BCUT2D eigenvalue weighted by atomic mass is 19.1. The number of hydrogen-bond acceptors (Lipinski definition) is 11. The number of carbonyl (C=O) groups excluding carboxylic acids is 1. The zero-order valence-electron chi connectivity index (χ0n) is 33.3. The van der Waals surface area contributed by atoms with Crippen LogP contribution in [0.25, 0.3) is 16.9 Å². The molecule has 14 heteroatoms. The molecule has 0 aliphatic carbocycles. The van der Waals surface area contributed by atoms with Crippen LogP contribution in [0.3, 0.4) is 0 Å². The molecule has 0 radical (unpaired) electrons. The number of rotatable bonds is 10. The number of halogens is 1. The molecule has 2 aliphatic rings. The lowest BCUT2D eigenvalue weighted by atomic mass is 10.1. The number of methoxy groups -OCH3 is 2. The van der Waals surface area contributed by atoms with Gasteiger partial charge in [-0.3, -0.25) is 9.63 Å². The summed E-state index contributed by atoms with van der Waals surface area (Å²) < 4.78 is 23.6. The highest BCUT2D eigenvalue weighted by molar-refractivity contribution is 5.70. The number of anilines is 2.